The van der Waals surface area contributed by atoms with Gasteiger partial charge in [0.05, 0.1) is 22.3 Å². The van der Waals surface area contributed by atoms with Gasteiger partial charge in [-0.25, -0.2) is 0 Å². The second kappa shape index (κ2) is 4.82. The number of allylic oxidation sites excluding steroid dienone is 2. The number of nitrogens with zero attached hydrogens (tertiary/aromatic N) is 1. The summed E-state index contributed by atoms with van der Waals surface area (Å²) in [6.07, 6.45) is 1.46. The number of anilines is 1. The van der Waals surface area contributed by atoms with Crippen molar-refractivity contribution < 1.29 is 4.79 Å². The van der Waals surface area contributed by atoms with E-state index < -0.39 is 0 Å². The SMILES string of the molecule is CC(=O)/C=C(\C)c1cc(Cl)c(N)cc1C#N. The summed E-state index contributed by atoms with van der Waals surface area (Å²) < 4.78 is 0. The average Bonchev–Trinajstić information content (AvgIpc) is 2.20. The first-order chi connectivity index (χ1) is 7.45. The van der Waals surface area contributed by atoms with Gasteiger partial charge in [0, 0.05) is 0 Å². The summed E-state index contributed by atoms with van der Waals surface area (Å²) in [5.41, 5.74) is 7.71. The molecule has 0 spiro atoms. The van der Waals surface area contributed by atoms with Crippen molar-refractivity contribution in [1.29, 1.82) is 5.26 Å². The second-order valence-corrected chi connectivity index (χ2v) is 3.88. The number of nitrogens with two attached hydrogens (primary N) is 1. The zero-order valence-electron chi connectivity index (χ0n) is 9.04. The molecule has 0 saturated heterocycles. The maximum atomic E-state index is 11.0. The molecule has 0 fully saturated rings. The van der Waals surface area contributed by atoms with Crippen LogP contribution in [0.3, 0.4) is 0 Å². The van der Waals surface area contributed by atoms with Gasteiger partial charge in [0.15, 0.2) is 5.78 Å². The Balaban J connectivity index is 3.39. The minimum absolute atomic E-state index is 0.0747. The van der Waals surface area contributed by atoms with Gasteiger partial charge in [-0.1, -0.05) is 11.6 Å². The Kier molecular flexibility index (Phi) is 3.70. The number of ketones is 1. The molecule has 0 atom stereocenters. The molecule has 0 saturated carbocycles. The molecule has 0 aromatic heterocycles. The highest BCUT2D eigenvalue weighted by atomic mass is 35.5. The van der Waals surface area contributed by atoms with Crippen LogP contribution in [-0.2, 0) is 4.79 Å². The molecule has 16 heavy (non-hydrogen) atoms. The summed E-state index contributed by atoms with van der Waals surface area (Å²) in [6, 6.07) is 5.14. The van der Waals surface area contributed by atoms with E-state index in [1.54, 1.807) is 13.0 Å². The van der Waals surface area contributed by atoms with Crippen molar-refractivity contribution >= 4 is 28.6 Å². The maximum absolute atomic E-state index is 11.0. The van der Waals surface area contributed by atoms with Crippen LogP contribution in [0.15, 0.2) is 18.2 Å². The molecule has 1 aromatic rings. The molecule has 3 nitrogen and oxygen atoms in total. The van der Waals surface area contributed by atoms with Gasteiger partial charge in [0.1, 0.15) is 0 Å². The molecule has 1 aromatic carbocycles. The van der Waals surface area contributed by atoms with Crippen LogP contribution in [0.1, 0.15) is 25.0 Å². The first-order valence-electron chi connectivity index (χ1n) is 4.64. The van der Waals surface area contributed by atoms with Crippen LogP contribution in [0.5, 0.6) is 0 Å². The summed E-state index contributed by atoms with van der Waals surface area (Å²) in [4.78, 5) is 11.0. The fourth-order valence-electron chi connectivity index (χ4n) is 1.39. The van der Waals surface area contributed by atoms with Gasteiger partial charge in [-0.2, -0.15) is 5.26 Å². The van der Waals surface area contributed by atoms with E-state index >= 15 is 0 Å². The van der Waals surface area contributed by atoms with E-state index in [0.29, 0.717) is 27.4 Å². The van der Waals surface area contributed by atoms with E-state index in [1.165, 1.54) is 19.1 Å². The molecule has 2 N–H and O–H groups in total. The molecule has 0 unspecified atom stereocenters. The van der Waals surface area contributed by atoms with E-state index in [-0.39, 0.29) is 5.78 Å². The van der Waals surface area contributed by atoms with Crippen molar-refractivity contribution in [2.24, 2.45) is 0 Å². The molecule has 0 radical (unpaired) electrons. The van der Waals surface area contributed by atoms with E-state index in [2.05, 4.69) is 0 Å². The molecular formula is C12H11ClN2O. The van der Waals surface area contributed by atoms with E-state index in [9.17, 15) is 4.79 Å². The Morgan fingerprint density at radius 2 is 2.12 bits per heavy atom. The highest BCUT2D eigenvalue weighted by molar-refractivity contribution is 6.33. The van der Waals surface area contributed by atoms with Crippen molar-refractivity contribution in [3.05, 3.63) is 34.4 Å². The van der Waals surface area contributed by atoms with Gasteiger partial charge < -0.3 is 5.73 Å². The highest BCUT2D eigenvalue weighted by Crippen LogP contribution is 2.27. The summed E-state index contributed by atoms with van der Waals surface area (Å²) in [6.45, 7) is 3.21. The number of rotatable bonds is 2. The van der Waals surface area contributed by atoms with Gasteiger partial charge in [0.25, 0.3) is 0 Å². The quantitative estimate of drug-likeness (QED) is 0.632. The van der Waals surface area contributed by atoms with Crippen LogP contribution >= 0.6 is 11.6 Å². The van der Waals surface area contributed by atoms with Crippen LogP contribution in [0.4, 0.5) is 5.69 Å². The van der Waals surface area contributed by atoms with Gasteiger partial charge in [-0.15, -0.1) is 0 Å². The lowest BCUT2D eigenvalue weighted by atomic mass is 10.00. The lowest BCUT2D eigenvalue weighted by Gasteiger charge is -2.06. The number of hydrogen-bond acceptors (Lipinski definition) is 3. The molecule has 0 aliphatic rings. The summed E-state index contributed by atoms with van der Waals surface area (Å²) in [5, 5.41) is 9.34. The topological polar surface area (TPSA) is 66.9 Å². The molecule has 82 valence electrons. The lowest BCUT2D eigenvalue weighted by Crippen LogP contribution is -1.94. The van der Waals surface area contributed by atoms with Crippen molar-refractivity contribution in [1.82, 2.24) is 0 Å². The maximum Gasteiger partial charge on any atom is 0.152 e. The Hall–Kier alpha value is -1.79. The predicted molar refractivity (Wildman–Crippen MR) is 64.9 cm³/mol. The van der Waals surface area contributed by atoms with Crippen molar-refractivity contribution in [3.8, 4) is 6.07 Å². The average molecular weight is 235 g/mol. The number of carbonyl (C=O) groups is 1. The Morgan fingerprint density at radius 3 is 2.62 bits per heavy atom. The summed E-state index contributed by atoms with van der Waals surface area (Å²) >= 11 is 5.88. The molecule has 0 heterocycles. The minimum Gasteiger partial charge on any atom is -0.397 e. The number of carbonyl (C=O) groups excluding carboxylic acids is 1. The number of hydrogen-bond donors (Lipinski definition) is 1. The number of benzene rings is 1. The van der Waals surface area contributed by atoms with Crippen LogP contribution in [0, 0.1) is 11.3 Å². The zero-order valence-corrected chi connectivity index (χ0v) is 9.80. The lowest BCUT2D eigenvalue weighted by molar-refractivity contribution is -0.112. The summed E-state index contributed by atoms with van der Waals surface area (Å²) in [5.74, 6) is -0.0747. The Labute approximate surface area is 99.1 Å². The van der Waals surface area contributed by atoms with Crippen molar-refractivity contribution in [2.75, 3.05) is 5.73 Å². The first-order valence-corrected chi connectivity index (χ1v) is 5.02. The first kappa shape index (κ1) is 12.3. The largest absolute Gasteiger partial charge is 0.397 e. The molecule has 0 bridgehead atoms. The third-order valence-electron chi connectivity index (χ3n) is 2.10. The smallest absolute Gasteiger partial charge is 0.152 e. The van der Waals surface area contributed by atoms with Crippen LogP contribution in [0.2, 0.25) is 5.02 Å². The zero-order chi connectivity index (χ0) is 12.3. The predicted octanol–water partition coefficient (Wildman–Crippen LogP) is 2.79. The third kappa shape index (κ3) is 2.62. The van der Waals surface area contributed by atoms with Gasteiger partial charge in [0.2, 0.25) is 0 Å². The van der Waals surface area contributed by atoms with Crippen LogP contribution in [-0.4, -0.2) is 5.78 Å². The van der Waals surface area contributed by atoms with Crippen molar-refractivity contribution in [2.45, 2.75) is 13.8 Å². The third-order valence-corrected chi connectivity index (χ3v) is 2.43. The monoisotopic (exact) mass is 234 g/mol. The van der Waals surface area contributed by atoms with E-state index in [0.717, 1.165) is 0 Å². The Morgan fingerprint density at radius 1 is 1.50 bits per heavy atom. The standard InChI is InChI=1S/C12H11ClN2O/c1-7(3-8(2)16)10-5-11(13)12(15)4-9(10)6-14/h3-5H,15H2,1-2H3/b7-3+. The van der Waals surface area contributed by atoms with Crippen LogP contribution in [0.25, 0.3) is 5.57 Å². The van der Waals surface area contributed by atoms with E-state index in [1.807, 2.05) is 6.07 Å². The molecule has 0 aliphatic carbocycles. The normalized spacial score (nSPS) is 11.0. The molecular weight excluding hydrogens is 224 g/mol. The van der Waals surface area contributed by atoms with E-state index in [4.69, 9.17) is 22.6 Å². The Bertz CT molecular complexity index is 512. The number of nitrogen functional groups attached to an aromatic ring is 1. The fraction of sp³-hybridized carbons (Fsp3) is 0.167. The van der Waals surface area contributed by atoms with Crippen molar-refractivity contribution in [3.63, 3.8) is 0 Å². The van der Waals surface area contributed by atoms with Gasteiger partial charge in [-0.3, -0.25) is 4.79 Å². The fourth-order valence-corrected chi connectivity index (χ4v) is 1.56. The van der Waals surface area contributed by atoms with Gasteiger partial charge >= 0.3 is 0 Å². The minimum atomic E-state index is -0.0747. The number of halogens is 1. The summed E-state index contributed by atoms with van der Waals surface area (Å²) in [7, 11) is 0. The van der Waals surface area contributed by atoms with Gasteiger partial charge in [-0.05, 0) is 43.2 Å². The second-order valence-electron chi connectivity index (χ2n) is 3.47. The highest BCUT2D eigenvalue weighted by Gasteiger charge is 2.08. The molecule has 0 amide bonds. The molecule has 1 rings (SSSR count). The molecule has 0 aliphatic heterocycles. The van der Waals surface area contributed by atoms with Crippen LogP contribution < -0.4 is 5.73 Å². The number of nitriles is 1. The molecule has 4 heteroatoms.